The van der Waals surface area contributed by atoms with E-state index < -0.39 is 5.60 Å². The molecule has 0 spiro atoms. The third kappa shape index (κ3) is 7.77. The number of hydrogen-bond donors (Lipinski definition) is 0. The number of alkyl halides is 1. The van der Waals surface area contributed by atoms with Gasteiger partial charge in [0.1, 0.15) is 5.60 Å². The highest BCUT2D eigenvalue weighted by Gasteiger charge is 2.19. The van der Waals surface area contributed by atoms with Gasteiger partial charge in [-0.2, -0.15) is 0 Å². The summed E-state index contributed by atoms with van der Waals surface area (Å²) in [5.74, 6) is 0.604. The van der Waals surface area contributed by atoms with Gasteiger partial charge in [0, 0.05) is 32.6 Å². The molecule has 0 bridgehead atoms. The van der Waals surface area contributed by atoms with Crippen LogP contribution in [0.1, 0.15) is 20.8 Å². The second kappa shape index (κ2) is 6.97. The minimum atomic E-state index is -0.437. The van der Waals surface area contributed by atoms with Crippen LogP contribution in [-0.4, -0.2) is 61.1 Å². The molecule has 4 nitrogen and oxygen atoms in total. The SMILES string of the molecule is CN(CCCl)CCN(C)C(=O)OC(C)(C)C. The van der Waals surface area contributed by atoms with Gasteiger partial charge in [-0.15, -0.1) is 11.6 Å². The molecule has 0 aromatic carbocycles. The number of carbonyl (C=O) groups excluding carboxylic acids is 1. The monoisotopic (exact) mass is 250 g/mol. The van der Waals surface area contributed by atoms with Crippen LogP contribution in [0, 0.1) is 0 Å². The van der Waals surface area contributed by atoms with Crippen LogP contribution in [0.15, 0.2) is 0 Å². The molecule has 0 aromatic rings. The normalized spacial score (nSPS) is 11.7. The van der Waals surface area contributed by atoms with Gasteiger partial charge in [-0.3, -0.25) is 0 Å². The second-order valence-corrected chi connectivity index (χ2v) is 5.27. The first-order chi connectivity index (χ1) is 7.26. The van der Waals surface area contributed by atoms with Gasteiger partial charge in [0.05, 0.1) is 0 Å². The number of halogens is 1. The second-order valence-electron chi connectivity index (χ2n) is 4.89. The van der Waals surface area contributed by atoms with Crippen molar-refractivity contribution in [1.29, 1.82) is 0 Å². The lowest BCUT2D eigenvalue weighted by Gasteiger charge is -2.26. The van der Waals surface area contributed by atoms with E-state index in [2.05, 4.69) is 4.90 Å². The number of likely N-dealkylation sites (N-methyl/N-ethyl adjacent to an activating group) is 2. The molecule has 0 aliphatic heterocycles. The zero-order valence-electron chi connectivity index (χ0n) is 10.9. The number of amides is 1. The Morgan fingerprint density at radius 2 is 1.75 bits per heavy atom. The first-order valence-corrected chi connectivity index (χ1v) is 5.98. The van der Waals surface area contributed by atoms with E-state index in [1.165, 1.54) is 0 Å². The van der Waals surface area contributed by atoms with Crippen LogP contribution in [0.3, 0.4) is 0 Å². The van der Waals surface area contributed by atoms with Crippen molar-refractivity contribution in [2.45, 2.75) is 26.4 Å². The lowest BCUT2D eigenvalue weighted by Crippen LogP contribution is -2.38. The fourth-order valence-electron chi connectivity index (χ4n) is 1.01. The van der Waals surface area contributed by atoms with E-state index in [-0.39, 0.29) is 6.09 Å². The molecule has 0 saturated heterocycles. The van der Waals surface area contributed by atoms with Crippen LogP contribution >= 0.6 is 11.6 Å². The average molecular weight is 251 g/mol. The van der Waals surface area contributed by atoms with Crippen molar-refractivity contribution in [2.75, 3.05) is 39.6 Å². The van der Waals surface area contributed by atoms with Gasteiger partial charge >= 0.3 is 6.09 Å². The molecule has 0 aliphatic carbocycles. The van der Waals surface area contributed by atoms with Gasteiger partial charge in [-0.05, 0) is 27.8 Å². The Kier molecular flexibility index (Phi) is 6.76. The predicted molar refractivity (Wildman–Crippen MR) is 67.1 cm³/mol. The topological polar surface area (TPSA) is 32.8 Å². The minimum Gasteiger partial charge on any atom is -0.444 e. The Morgan fingerprint density at radius 3 is 2.19 bits per heavy atom. The summed E-state index contributed by atoms with van der Waals surface area (Å²) in [5, 5.41) is 0. The zero-order valence-corrected chi connectivity index (χ0v) is 11.7. The van der Waals surface area contributed by atoms with Crippen molar-refractivity contribution in [3.8, 4) is 0 Å². The number of carbonyl (C=O) groups is 1. The molecule has 5 heteroatoms. The van der Waals surface area contributed by atoms with Crippen molar-refractivity contribution in [2.24, 2.45) is 0 Å². The summed E-state index contributed by atoms with van der Waals surface area (Å²) in [4.78, 5) is 15.2. The van der Waals surface area contributed by atoms with Gasteiger partial charge in [0.15, 0.2) is 0 Å². The Hall–Kier alpha value is -0.480. The van der Waals surface area contributed by atoms with Gasteiger partial charge in [0.25, 0.3) is 0 Å². The van der Waals surface area contributed by atoms with E-state index in [0.717, 1.165) is 13.1 Å². The van der Waals surface area contributed by atoms with Crippen LogP contribution < -0.4 is 0 Å². The largest absolute Gasteiger partial charge is 0.444 e. The predicted octanol–water partition coefficient (Wildman–Crippen LogP) is 2.02. The standard InChI is InChI=1S/C11H23ClN2O2/c1-11(2,3)16-10(15)14(5)9-8-13(4)7-6-12/h6-9H2,1-5H3. The molecule has 0 rings (SSSR count). The van der Waals surface area contributed by atoms with Crippen molar-refractivity contribution >= 4 is 17.7 Å². The maximum atomic E-state index is 11.6. The lowest BCUT2D eigenvalue weighted by molar-refractivity contribution is 0.0288. The smallest absolute Gasteiger partial charge is 0.410 e. The average Bonchev–Trinajstić information content (AvgIpc) is 2.11. The molecule has 0 saturated carbocycles. The quantitative estimate of drug-likeness (QED) is 0.700. The molecule has 0 heterocycles. The summed E-state index contributed by atoms with van der Waals surface area (Å²) in [6, 6.07) is 0. The van der Waals surface area contributed by atoms with Crippen molar-refractivity contribution in [1.82, 2.24) is 9.80 Å². The highest BCUT2D eigenvalue weighted by Crippen LogP contribution is 2.08. The number of hydrogen-bond acceptors (Lipinski definition) is 3. The minimum absolute atomic E-state index is 0.285. The Balaban J connectivity index is 3.88. The Morgan fingerprint density at radius 1 is 1.19 bits per heavy atom. The van der Waals surface area contributed by atoms with Crippen molar-refractivity contribution < 1.29 is 9.53 Å². The molecule has 0 aliphatic rings. The molecule has 0 fully saturated rings. The van der Waals surface area contributed by atoms with Gasteiger partial charge in [0.2, 0.25) is 0 Å². The summed E-state index contributed by atoms with van der Waals surface area (Å²) >= 11 is 5.61. The van der Waals surface area contributed by atoms with Crippen molar-refractivity contribution in [3.05, 3.63) is 0 Å². The van der Waals surface area contributed by atoms with Crippen molar-refractivity contribution in [3.63, 3.8) is 0 Å². The first-order valence-electron chi connectivity index (χ1n) is 5.45. The first kappa shape index (κ1) is 15.5. The summed E-state index contributed by atoms with van der Waals surface area (Å²) in [6.07, 6.45) is -0.285. The highest BCUT2D eigenvalue weighted by atomic mass is 35.5. The van der Waals surface area contributed by atoms with Gasteiger partial charge < -0.3 is 14.5 Å². The van der Waals surface area contributed by atoms with E-state index in [0.29, 0.717) is 12.4 Å². The molecule has 1 amide bonds. The van der Waals surface area contributed by atoms with E-state index in [1.807, 2.05) is 27.8 Å². The third-order valence-corrected chi connectivity index (χ3v) is 2.16. The fourth-order valence-corrected chi connectivity index (χ4v) is 1.30. The van der Waals surface area contributed by atoms with Crippen LogP contribution in [0.25, 0.3) is 0 Å². The summed E-state index contributed by atoms with van der Waals surface area (Å²) in [6.45, 7) is 7.84. The van der Waals surface area contributed by atoms with Crippen LogP contribution in [0.4, 0.5) is 4.79 Å². The van der Waals surface area contributed by atoms with E-state index >= 15 is 0 Å². The number of ether oxygens (including phenoxy) is 1. The number of rotatable bonds is 5. The van der Waals surface area contributed by atoms with Crippen LogP contribution in [0.2, 0.25) is 0 Å². The maximum absolute atomic E-state index is 11.6. The summed E-state index contributed by atoms with van der Waals surface area (Å²) < 4.78 is 5.23. The zero-order chi connectivity index (χ0) is 12.8. The summed E-state index contributed by atoms with van der Waals surface area (Å²) in [7, 11) is 3.72. The third-order valence-electron chi connectivity index (χ3n) is 1.99. The Bertz CT molecular complexity index is 217. The van der Waals surface area contributed by atoms with Crippen LogP contribution in [0.5, 0.6) is 0 Å². The van der Waals surface area contributed by atoms with Crippen LogP contribution in [-0.2, 0) is 4.74 Å². The highest BCUT2D eigenvalue weighted by molar-refractivity contribution is 6.18. The fraction of sp³-hybridized carbons (Fsp3) is 0.909. The van der Waals surface area contributed by atoms with E-state index in [4.69, 9.17) is 16.3 Å². The van der Waals surface area contributed by atoms with Gasteiger partial charge in [-0.25, -0.2) is 4.79 Å². The number of nitrogens with zero attached hydrogens (tertiary/aromatic N) is 2. The molecular weight excluding hydrogens is 228 g/mol. The molecule has 0 aromatic heterocycles. The molecule has 96 valence electrons. The maximum Gasteiger partial charge on any atom is 0.410 e. The molecule has 0 unspecified atom stereocenters. The Labute approximate surface area is 103 Å². The summed E-state index contributed by atoms with van der Waals surface area (Å²) in [5.41, 5.74) is -0.437. The van der Waals surface area contributed by atoms with E-state index in [9.17, 15) is 4.79 Å². The molecule has 0 radical (unpaired) electrons. The van der Waals surface area contributed by atoms with E-state index in [1.54, 1.807) is 11.9 Å². The molecule has 16 heavy (non-hydrogen) atoms. The lowest BCUT2D eigenvalue weighted by atomic mass is 10.2. The molecule has 0 N–H and O–H groups in total. The van der Waals surface area contributed by atoms with Gasteiger partial charge in [-0.1, -0.05) is 0 Å². The molecule has 0 atom stereocenters. The molecular formula is C11H23ClN2O2.